The molecule has 2 saturated carbocycles. The van der Waals surface area contributed by atoms with Gasteiger partial charge in [0, 0.05) is 23.8 Å². The molecule has 27 heavy (non-hydrogen) atoms. The van der Waals surface area contributed by atoms with E-state index in [0.29, 0.717) is 22.9 Å². The zero-order valence-electron chi connectivity index (χ0n) is 14.9. The van der Waals surface area contributed by atoms with E-state index in [2.05, 4.69) is 25.5 Å². The second-order valence-electron chi connectivity index (χ2n) is 7.76. The molecule has 0 aromatic carbocycles. The van der Waals surface area contributed by atoms with Crippen molar-refractivity contribution in [1.29, 1.82) is 0 Å². The van der Waals surface area contributed by atoms with Crippen molar-refractivity contribution in [2.75, 3.05) is 0 Å². The van der Waals surface area contributed by atoms with Crippen molar-refractivity contribution in [3.63, 3.8) is 0 Å². The summed E-state index contributed by atoms with van der Waals surface area (Å²) < 4.78 is 1.77. The normalized spacial score (nSPS) is 24.0. The quantitative estimate of drug-likeness (QED) is 0.654. The summed E-state index contributed by atoms with van der Waals surface area (Å²) in [5, 5.41) is 21.2. The maximum atomic E-state index is 12.9. The molecule has 0 bridgehead atoms. The van der Waals surface area contributed by atoms with E-state index < -0.39 is 5.60 Å². The van der Waals surface area contributed by atoms with Crippen LogP contribution < -0.4 is 5.32 Å². The van der Waals surface area contributed by atoms with Crippen LogP contribution in [0.25, 0.3) is 16.7 Å². The van der Waals surface area contributed by atoms with Gasteiger partial charge in [0.1, 0.15) is 12.1 Å². The Morgan fingerprint density at radius 2 is 2.11 bits per heavy atom. The Balaban J connectivity index is 1.35. The Morgan fingerprint density at radius 1 is 1.30 bits per heavy atom. The number of aromatic amines is 1. The molecule has 1 amide bonds. The van der Waals surface area contributed by atoms with Crippen LogP contribution >= 0.6 is 0 Å². The molecule has 2 aliphatic carbocycles. The summed E-state index contributed by atoms with van der Waals surface area (Å²) in [6.07, 6.45) is 12.4. The van der Waals surface area contributed by atoms with Crippen molar-refractivity contribution in [3.8, 4) is 5.82 Å². The summed E-state index contributed by atoms with van der Waals surface area (Å²) in [6.45, 7) is 0. The van der Waals surface area contributed by atoms with Gasteiger partial charge in [-0.15, -0.1) is 0 Å². The van der Waals surface area contributed by atoms with Crippen molar-refractivity contribution in [2.45, 2.75) is 50.2 Å². The third kappa shape index (κ3) is 2.99. The summed E-state index contributed by atoms with van der Waals surface area (Å²) in [4.78, 5) is 21.5. The van der Waals surface area contributed by atoms with Crippen LogP contribution in [-0.2, 0) is 0 Å². The highest BCUT2D eigenvalue weighted by Crippen LogP contribution is 2.48. The first-order valence-corrected chi connectivity index (χ1v) is 9.48. The van der Waals surface area contributed by atoms with Crippen LogP contribution in [0.1, 0.15) is 49.0 Å². The molecule has 0 radical (unpaired) electrons. The molecule has 2 aliphatic rings. The van der Waals surface area contributed by atoms with Gasteiger partial charge in [0.05, 0.1) is 17.3 Å². The van der Waals surface area contributed by atoms with E-state index in [-0.39, 0.29) is 11.9 Å². The number of aliphatic hydroxyl groups is 1. The van der Waals surface area contributed by atoms with Gasteiger partial charge in [0.25, 0.3) is 5.91 Å². The molecule has 0 unspecified atom stereocenters. The number of carbonyl (C=O) groups excluding carboxylic acids is 1. The fraction of sp³-hybridized carbons (Fsp3) is 0.474. The van der Waals surface area contributed by atoms with Crippen molar-refractivity contribution in [3.05, 3.63) is 36.7 Å². The van der Waals surface area contributed by atoms with Crippen LogP contribution in [0.5, 0.6) is 0 Å². The molecule has 0 aliphatic heterocycles. The first-order chi connectivity index (χ1) is 13.1. The minimum Gasteiger partial charge on any atom is -0.390 e. The van der Waals surface area contributed by atoms with Crippen LogP contribution in [0.2, 0.25) is 0 Å². The van der Waals surface area contributed by atoms with Crippen LogP contribution in [0, 0.1) is 5.92 Å². The number of aromatic nitrogens is 5. The van der Waals surface area contributed by atoms with Crippen molar-refractivity contribution < 1.29 is 9.90 Å². The number of H-pyrrole nitrogens is 1. The van der Waals surface area contributed by atoms with Crippen LogP contribution in [-0.4, -0.2) is 47.4 Å². The number of rotatable bonds is 4. The van der Waals surface area contributed by atoms with E-state index in [1.165, 1.54) is 0 Å². The number of pyridine rings is 1. The lowest BCUT2D eigenvalue weighted by molar-refractivity contribution is 0.0541. The fourth-order valence-corrected chi connectivity index (χ4v) is 4.19. The lowest BCUT2D eigenvalue weighted by atomic mass is 9.81. The van der Waals surface area contributed by atoms with Crippen molar-refractivity contribution in [1.82, 2.24) is 30.0 Å². The minimum absolute atomic E-state index is 0.118. The highest BCUT2D eigenvalue weighted by Gasteiger charge is 2.48. The Kier molecular flexibility index (Phi) is 3.75. The number of nitrogens with one attached hydrogen (secondary N) is 2. The van der Waals surface area contributed by atoms with E-state index in [1.54, 1.807) is 29.5 Å². The summed E-state index contributed by atoms with van der Waals surface area (Å²) in [7, 11) is 0. The average Bonchev–Trinajstić information content (AvgIpc) is 3.08. The van der Waals surface area contributed by atoms with Crippen molar-refractivity contribution >= 4 is 16.8 Å². The van der Waals surface area contributed by atoms with Crippen LogP contribution in [0.15, 0.2) is 31.0 Å². The first kappa shape index (κ1) is 16.4. The summed E-state index contributed by atoms with van der Waals surface area (Å²) >= 11 is 0. The summed E-state index contributed by atoms with van der Waals surface area (Å²) in [5.41, 5.74) is 0.562. The molecule has 3 N–H and O–H groups in total. The van der Waals surface area contributed by atoms with Gasteiger partial charge in [-0.05, 0) is 50.5 Å². The third-order valence-corrected chi connectivity index (χ3v) is 5.99. The standard InChI is InChI=1S/C19H22N6O2/c26-18(22-14-3-1-13(2-4-14)19(27)5-6-19)17-16-12(10-21-24-16)9-15(23-17)25-8-7-20-11-25/h7-11,13-14,27H,1-6H2,(H,21,24)(H,22,26)/t13-,14-. The molecule has 8 heteroatoms. The number of fused-ring (bicyclic) bond motifs is 1. The molecule has 0 saturated heterocycles. The Morgan fingerprint density at radius 3 is 2.81 bits per heavy atom. The van der Waals surface area contributed by atoms with Gasteiger partial charge in [0.15, 0.2) is 5.69 Å². The largest absolute Gasteiger partial charge is 0.390 e. The molecule has 0 atom stereocenters. The topological polar surface area (TPSA) is 109 Å². The van der Waals surface area contributed by atoms with Crippen LogP contribution in [0.3, 0.4) is 0 Å². The molecule has 0 spiro atoms. The molecular formula is C19H22N6O2. The first-order valence-electron chi connectivity index (χ1n) is 9.48. The summed E-state index contributed by atoms with van der Waals surface area (Å²) in [5.74, 6) is 0.818. The zero-order valence-corrected chi connectivity index (χ0v) is 14.9. The Labute approximate surface area is 156 Å². The predicted molar refractivity (Wildman–Crippen MR) is 98.4 cm³/mol. The molecule has 3 aromatic rings. The smallest absolute Gasteiger partial charge is 0.272 e. The number of amides is 1. The SMILES string of the molecule is O=C(N[C@H]1CC[C@H](C2(O)CC2)CC1)c1nc(-n2ccnc2)cc2cn[nH]c12. The number of hydrogen-bond acceptors (Lipinski definition) is 5. The summed E-state index contributed by atoms with van der Waals surface area (Å²) in [6, 6.07) is 1.99. The monoisotopic (exact) mass is 366 g/mol. The highest BCUT2D eigenvalue weighted by atomic mass is 16.3. The fourth-order valence-electron chi connectivity index (χ4n) is 4.19. The number of hydrogen-bond donors (Lipinski definition) is 3. The molecule has 5 rings (SSSR count). The second kappa shape index (κ2) is 6.16. The van der Waals surface area contributed by atoms with Gasteiger partial charge < -0.3 is 10.4 Å². The van der Waals surface area contributed by atoms with E-state index in [9.17, 15) is 9.90 Å². The van der Waals surface area contributed by atoms with Gasteiger partial charge in [-0.25, -0.2) is 9.97 Å². The van der Waals surface area contributed by atoms with Gasteiger partial charge in [-0.2, -0.15) is 5.10 Å². The molecule has 140 valence electrons. The maximum absolute atomic E-state index is 12.9. The predicted octanol–water partition coefficient (Wildman–Crippen LogP) is 1.96. The maximum Gasteiger partial charge on any atom is 0.272 e. The van der Waals surface area contributed by atoms with E-state index in [4.69, 9.17) is 0 Å². The number of carbonyl (C=O) groups is 1. The number of nitrogens with zero attached hydrogens (tertiary/aromatic N) is 4. The van der Waals surface area contributed by atoms with Gasteiger partial charge >= 0.3 is 0 Å². The second-order valence-corrected chi connectivity index (χ2v) is 7.76. The lowest BCUT2D eigenvalue weighted by Crippen LogP contribution is -2.40. The molecule has 3 heterocycles. The molecule has 3 aromatic heterocycles. The van der Waals surface area contributed by atoms with Crippen LogP contribution in [0.4, 0.5) is 0 Å². The minimum atomic E-state index is -0.419. The third-order valence-electron chi connectivity index (χ3n) is 5.99. The van der Waals surface area contributed by atoms with Crippen molar-refractivity contribution in [2.24, 2.45) is 5.92 Å². The van der Waals surface area contributed by atoms with E-state index in [0.717, 1.165) is 43.9 Å². The van der Waals surface area contributed by atoms with Gasteiger partial charge in [-0.3, -0.25) is 14.5 Å². The highest BCUT2D eigenvalue weighted by molar-refractivity contribution is 6.04. The van der Waals surface area contributed by atoms with Gasteiger partial charge in [0.2, 0.25) is 0 Å². The Bertz CT molecular complexity index is 967. The van der Waals surface area contributed by atoms with E-state index >= 15 is 0 Å². The van der Waals surface area contributed by atoms with Gasteiger partial charge in [-0.1, -0.05) is 0 Å². The molecular weight excluding hydrogens is 344 g/mol. The average molecular weight is 366 g/mol. The van der Waals surface area contributed by atoms with E-state index in [1.807, 2.05) is 6.07 Å². The molecule has 2 fully saturated rings. The zero-order chi connectivity index (χ0) is 18.4. The number of imidazole rings is 1. The lowest BCUT2D eigenvalue weighted by Gasteiger charge is -2.32. The Hall–Kier alpha value is -2.74. The molecule has 8 nitrogen and oxygen atoms in total.